The van der Waals surface area contributed by atoms with Crippen molar-refractivity contribution < 1.29 is 28.6 Å². The zero-order chi connectivity index (χ0) is 29.7. The van der Waals surface area contributed by atoms with Gasteiger partial charge in [0, 0.05) is 6.20 Å². The van der Waals surface area contributed by atoms with Crippen molar-refractivity contribution in [3.05, 3.63) is 113 Å². The number of rotatable bonds is 11. The van der Waals surface area contributed by atoms with E-state index in [0.29, 0.717) is 17.2 Å². The quantitative estimate of drug-likeness (QED) is 0.186. The molecule has 0 spiro atoms. The molecule has 7 nitrogen and oxygen atoms in total. The minimum absolute atomic E-state index is 0.0708. The second-order valence-corrected chi connectivity index (χ2v) is 10.4. The second-order valence-electron chi connectivity index (χ2n) is 10.4. The third-order valence-electron chi connectivity index (χ3n) is 6.03. The fourth-order valence-electron chi connectivity index (χ4n) is 4.44. The molecule has 0 aliphatic rings. The highest BCUT2D eigenvalue weighted by atomic mass is 16.5. The topological polar surface area (TPSA) is 83.8 Å². The summed E-state index contributed by atoms with van der Waals surface area (Å²) in [5, 5.41) is 0. The molecule has 0 fully saturated rings. The average molecular weight is 554 g/mol. The minimum atomic E-state index is -0.521. The summed E-state index contributed by atoms with van der Waals surface area (Å²) in [6, 6.07) is 22.0. The zero-order valence-electron chi connectivity index (χ0n) is 24.2. The predicted octanol–water partition coefficient (Wildman–Crippen LogP) is 7.00. The molecule has 0 N–H and O–H groups in total. The van der Waals surface area contributed by atoms with Gasteiger partial charge in [-0.1, -0.05) is 36.4 Å². The first-order chi connectivity index (χ1) is 19.6. The van der Waals surface area contributed by atoms with Crippen LogP contribution in [0.4, 0.5) is 0 Å². The van der Waals surface area contributed by atoms with Crippen LogP contribution in [0, 0.1) is 0 Å². The summed E-state index contributed by atoms with van der Waals surface area (Å²) in [5.41, 5.74) is 0.792. The number of aromatic nitrogens is 1. The summed E-state index contributed by atoms with van der Waals surface area (Å²) in [6.45, 7) is 11.2. The molecule has 0 saturated carbocycles. The number of benzene rings is 3. The number of ketones is 2. The van der Waals surface area contributed by atoms with Gasteiger partial charge in [-0.15, -0.1) is 0 Å². The van der Waals surface area contributed by atoms with Crippen LogP contribution in [0.1, 0.15) is 83.9 Å². The van der Waals surface area contributed by atoms with E-state index in [2.05, 4.69) is 0 Å². The third kappa shape index (κ3) is 6.57. The van der Waals surface area contributed by atoms with Gasteiger partial charge in [0.1, 0.15) is 22.9 Å². The fourth-order valence-corrected chi connectivity index (χ4v) is 4.44. The molecule has 0 atom stereocenters. The Labute approximate surface area is 240 Å². The summed E-state index contributed by atoms with van der Waals surface area (Å²) >= 11 is 0. The molecule has 212 valence electrons. The molecule has 7 heteroatoms. The predicted molar refractivity (Wildman–Crippen MR) is 158 cm³/mol. The van der Waals surface area contributed by atoms with E-state index in [1.54, 1.807) is 72.8 Å². The lowest BCUT2D eigenvalue weighted by Crippen LogP contribution is -2.22. The molecule has 41 heavy (non-hydrogen) atoms. The van der Waals surface area contributed by atoms with Crippen molar-refractivity contribution in [2.24, 2.45) is 0 Å². The highest BCUT2D eigenvalue weighted by molar-refractivity contribution is 6.22. The van der Waals surface area contributed by atoms with Gasteiger partial charge in [0.15, 0.2) is 5.78 Å². The van der Waals surface area contributed by atoms with Crippen LogP contribution in [0.25, 0.3) is 0 Å². The number of hydrogen-bond donors (Lipinski definition) is 0. The Balaban J connectivity index is 1.91. The lowest BCUT2D eigenvalue weighted by Gasteiger charge is -2.17. The molecular formula is C34H35NO6. The second kappa shape index (κ2) is 12.7. The molecule has 0 saturated heterocycles. The minimum Gasteiger partial charge on any atom is -0.490 e. The van der Waals surface area contributed by atoms with Crippen LogP contribution < -0.4 is 14.2 Å². The van der Waals surface area contributed by atoms with Gasteiger partial charge in [0.05, 0.1) is 40.6 Å². The largest absolute Gasteiger partial charge is 0.490 e. The van der Waals surface area contributed by atoms with Crippen LogP contribution in [-0.2, 0) is 0 Å². The van der Waals surface area contributed by atoms with E-state index in [0.717, 1.165) is 0 Å². The molecule has 3 aromatic carbocycles. The SMILES string of the molecule is CC(C)Oc1ccccc1C(=O)c1ccn(C(=O)c2ccccc2OC(C)C)c1C(=O)c1ccccc1OC(C)C. The van der Waals surface area contributed by atoms with Crippen LogP contribution >= 0.6 is 0 Å². The van der Waals surface area contributed by atoms with E-state index in [9.17, 15) is 14.4 Å². The molecule has 0 bridgehead atoms. The van der Waals surface area contributed by atoms with Gasteiger partial charge in [0.25, 0.3) is 5.91 Å². The van der Waals surface area contributed by atoms with Gasteiger partial charge in [-0.2, -0.15) is 0 Å². The Morgan fingerprint density at radius 1 is 0.512 bits per heavy atom. The van der Waals surface area contributed by atoms with Gasteiger partial charge < -0.3 is 14.2 Å². The van der Waals surface area contributed by atoms with Crippen molar-refractivity contribution in [1.29, 1.82) is 0 Å². The number of carbonyl (C=O) groups is 3. The van der Waals surface area contributed by atoms with Crippen molar-refractivity contribution in [3.8, 4) is 17.2 Å². The van der Waals surface area contributed by atoms with E-state index in [1.165, 1.54) is 16.8 Å². The summed E-state index contributed by atoms with van der Waals surface area (Å²) in [7, 11) is 0. The Morgan fingerprint density at radius 3 is 1.37 bits per heavy atom. The molecule has 0 aliphatic carbocycles. The van der Waals surface area contributed by atoms with Crippen molar-refractivity contribution in [2.75, 3.05) is 0 Å². The van der Waals surface area contributed by atoms with E-state index in [-0.39, 0.29) is 46.3 Å². The maximum absolute atomic E-state index is 14.3. The molecule has 0 amide bonds. The molecule has 0 unspecified atom stereocenters. The van der Waals surface area contributed by atoms with Gasteiger partial charge in [-0.25, -0.2) is 0 Å². The number of ether oxygens (including phenoxy) is 3. The summed E-state index contributed by atoms with van der Waals surface area (Å²) < 4.78 is 18.9. The van der Waals surface area contributed by atoms with E-state index in [1.807, 2.05) is 41.5 Å². The lowest BCUT2D eigenvalue weighted by molar-refractivity contribution is 0.0925. The Bertz CT molecular complexity index is 1480. The van der Waals surface area contributed by atoms with Crippen molar-refractivity contribution in [3.63, 3.8) is 0 Å². The summed E-state index contributed by atoms with van der Waals surface area (Å²) in [6.07, 6.45) is 0.906. The van der Waals surface area contributed by atoms with Crippen LogP contribution in [0.2, 0.25) is 0 Å². The van der Waals surface area contributed by atoms with Gasteiger partial charge in [-0.05, 0) is 84.0 Å². The monoisotopic (exact) mass is 553 g/mol. The molecule has 0 radical (unpaired) electrons. The van der Waals surface area contributed by atoms with Crippen molar-refractivity contribution in [1.82, 2.24) is 4.57 Å². The Hall–Kier alpha value is -4.65. The maximum atomic E-state index is 14.3. The van der Waals surface area contributed by atoms with Crippen molar-refractivity contribution in [2.45, 2.75) is 59.9 Å². The van der Waals surface area contributed by atoms with Crippen LogP contribution in [0.15, 0.2) is 85.1 Å². The summed E-state index contributed by atoms with van der Waals surface area (Å²) in [4.78, 5) is 42.3. The fraction of sp³-hybridized carbons (Fsp3) is 0.265. The average Bonchev–Trinajstić information content (AvgIpc) is 3.37. The number of hydrogen-bond acceptors (Lipinski definition) is 6. The molecule has 4 aromatic rings. The number of nitrogens with zero attached hydrogens (tertiary/aromatic N) is 1. The Kier molecular flexibility index (Phi) is 9.07. The summed E-state index contributed by atoms with van der Waals surface area (Å²) in [5.74, 6) is -0.329. The van der Waals surface area contributed by atoms with Gasteiger partial charge in [0.2, 0.25) is 5.78 Å². The van der Waals surface area contributed by atoms with Crippen LogP contribution in [0.3, 0.4) is 0 Å². The number of carbonyl (C=O) groups excluding carboxylic acids is 3. The first-order valence-corrected chi connectivity index (χ1v) is 13.7. The van der Waals surface area contributed by atoms with Gasteiger partial charge >= 0.3 is 0 Å². The van der Waals surface area contributed by atoms with E-state index in [4.69, 9.17) is 14.2 Å². The molecule has 1 heterocycles. The molecule has 0 aliphatic heterocycles. The highest BCUT2D eigenvalue weighted by Gasteiger charge is 2.30. The standard InChI is InChI=1S/C34H35NO6/c1-21(2)39-28-16-10-7-13-24(28)32(36)27-19-20-35(34(38)26-15-9-12-18-30(26)41-23(5)6)31(27)33(37)25-14-8-11-17-29(25)40-22(3)4/h7-23H,1-6H3. The smallest absolute Gasteiger partial charge is 0.266 e. The van der Waals surface area contributed by atoms with Crippen LogP contribution in [0.5, 0.6) is 17.2 Å². The van der Waals surface area contributed by atoms with Crippen molar-refractivity contribution >= 4 is 17.5 Å². The lowest BCUT2D eigenvalue weighted by atomic mass is 9.97. The normalized spacial score (nSPS) is 11.1. The Morgan fingerprint density at radius 2 is 0.902 bits per heavy atom. The molecule has 1 aromatic heterocycles. The highest BCUT2D eigenvalue weighted by Crippen LogP contribution is 2.30. The third-order valence-corrected chi connectivity index (χ3v) is 6.03. The van der Waals surface area contributed by atoms with E-state index >= 15 is 0 Å². The first kappa shape index (κ1) is 29.3. The van der Waals surface area contributed by atoms with Crippen LogP contribution in [-0.4, -0.2) is 40.4 Å². The zero-order valence-corrected chi connectivity index (χ0v) is 24.2. The first-order valence-electron chi connectivity index (χ1n) is 13.7. The van der Waals surface area contributed by atoms with E-state index < -0.39 is 17.5 Å². The van der Waals surface area contributed by atoms with Gasteiger partial charge in [-0.3, -0.25) is 19.0 Å². The molecule has 4 rings (SSSR count). The molecular weight excluding hydrogens is 518 g/mol. The maximum Gasteiger partial charge on any atom is 0.266 e. The number of para-hydroxylation sites is 3.